The zero-order valence-corrected chi connectivity index (χ0v) is 62.0. The van der Waals surface area contributed by atoms with Gasteiger partial charge in [0.05, 0.1) is 50.6 Å². The van der Waals surface area contributed by atoms with Gasteiger partial charge in [0.25, 0.3) is 11.1 Å². The molecule has 0 saturated heterocycles. The van der Waals surface area contributed by atoms with Crippen molar-refractivity contribution >= 4 is 70.9 Å². The van der Waals surface area contributed by atoms with Crippen LogP contribution in [-0.2, 0) is 27.4 Å². The van der Waals surface area contributed by atoms with Gasteiger partial charge in [0, 0.05) is 82.8 Å². The van der Waals surface area contributed by atoms with E-state index in [0.717, 1.165) is 0 Å². The van der Waals surface area contributed by atoms with E-state index in [0.29, 0.717) is 44.9 Å². The van der Waals surface area contributed by atoms with Gasteiger partial charge in [-0.1, -0.05) is 34.8 Å². The summed E-state index contributed by atoms with van der Waals surface area (Å²) in [5.74, 6) is -2.15. The highest BCUT2D eigenvalue weighted by atomic mass is 35.5. The number of aromatic nitrogens is 7. The van der Waals surface area contributed by atoms with Crippen molar-refractivity contribution < 1.29 is 87.7 Å². The Morgan fingerprint density at radius 3 is 1.43 bits per heavy atom. The summed E-state index contributed by atoms with van der Waals surface area (Å²) in [7, 11) is 4.06. The lowest BCUT2D eigenvalue weighted by Crippen LogP contribution is -2.32. The molecule has 0 aliphatic heterocycles. The Morgan fingerprint density at radius 1 is 0.585 bits per heavy atom. The number of H-pyrrole nitrogens is 4. The third kappa shape index (κ3) is 34.9. The predicted molar refractivity (Wildman–Crippen MR) is 370 cm³/mol. The molecule has 106 heavy (non-hydrogen) atoms. The molecule has 0 aliphatic carbocycles. The molecule has 8 N–H and O–H groups in total. The molecule has 1 amide bonds. The fourth-order valence-corrected chi connectivity index (χ4v) is 8.10. The normalized spacial score (nSPS) is 9.97. The number of pyridine rings is 7. The molecule has 0 atom stereocenters. The summed E-state index contributed by atoms with van der Waals surface area (Å²) >= 11 is 21.1. The molecule has 7 rings (SSSR count). The molecule has 0 aliphatic rings. The second-order valence-corrected chi connectivity index (χ2v) is 22.3. The third-order valence-corrected chi connectivity index (χ3v) is 12.3. The molecule has 0 saturated carbocycles. The largest absolute Gasteiger partial charge is 0.506 e. The summed E-state index contributed by atoms with van der Waals surface area (Å²) in [5.41, 5.74) is 6.84. The minimum atomic E-state index is -3.88. The van der Waals surface area contributed by atoms with E-state index < -0.39 is 54.0 Å². The zero-order chi connectivity index (χ0) is 81.0. The van der Waals surface area contributed by atoms with E-state index in [2.05, 4.69) is 70.8 Å². The van der Waals surface area contributed by atoms with Crippen LogP contribution in [0.4, 0.5) is 39.9 Å². The van der Waals surface area contributed by atoms with Crippen LogP contribution in [0, 0.1) is 105 Å². The summed E-state index contributed by atoms with van der Waals surface area (Å²) in [6.45, 7) is 8.86. The van der Waals surface area contributed by atoms with Gasteiger partial charge in [-0.2, -0.15) is 61.4 Å². The number of methoxy groups -OCH3 is 3. The average molecular weight is 1600 g/mol. The van der Waals surface area contributed by atoms with Gasteiger partial charge in [0.15, 0.2) is 22.4 Å². The molecular weight excluding hydrogens is 1530 g/mol. The van der Waals surface area contributed by atoms with Gasteiger partial charge in [-0.3, -0.25) is 19.2 Å². The van der Waals surface area contributed by atoms with E-state index in [-0.39, 0.29) is 133 Å². The molecule has 0 unspecified atom stereocenters. The zero-order valence-electron chi connectivity index (χ0n) is 58.2. The van der Waals surface area contributed by atoms with E-state index in [9.17, 15) is 63.9 Å². The molecular formula is C64H67Cl5F8N14O15. The number of halogens is 13. The molecule has 7 aromatic rings. The lowest BCUT2D eigenvalue weighted by atomic mass is 10.2. The topological polar surface area (TPSA) is 455 Å². The van der Waals surface area contributed by atoms with Gasteiger partial charge in [-0.15, -0.1) is 12.4 Å². The second kappa shape index (κ2) is 47.3. The molecule has 42 heteroatoms. The number of carbonyl (C=O) groups is 2. The molecule has 0 bridgehead atoms. The molecule has 0 fully saturated rings. The van der Waals surface area contributed by atoms with Crippen molar-refractivity contribution in [3.63, 3.8) is 0 Å². The number of aromatic hydroxyl groups is 1. The number of alkyl carbamates (subject to hydrolysis) is 1. The Balaban J connectivity index is 0. The molecule has 574 valence electrons. The number of hydrogen-bond donors (Lipinski definition) is 7. The first-order chi connectivity index (χ1) is 48.8. The Morgan fingerprint density at radius 2 is 1.02 bits per heavy atom. The number of nitriles is 5. The van der Waals surface area contributed by atoms with Gasteiger partial charge in [-0.25, -0.2) is 24.5 Å². The molecule has 7 aromatic heterocycles. The summed E-state index contributed by atoms with van der Waals surface area (Å²) in [4.78, 5) is 87.8. The van der Waals surface area contributed by atoms with Crippen molar-refractivity contribution in [2.24, 2.45) is 5.73 Å². The number of nitrogens with two attached hydrogens (primary N) is 1. The van der Waals surface area contributed by atoms with Crippen LogP contribution in [0.2, 0.25) is 15.3 Å². The highest BCUT2D eigenvalue weighted by molar-refractivity contribution is 6.36. The van der Waals surface area contributed by atoms with Crippen molar-refractivity contribution in [3.05, 3.63) is 178 Å². The standard InChI is InChI=1S/C14H20F2N2O4.C9H8F2N2O2.C8H10F2N2O2.C8H8N2O2.C7H4Cl2N2.C7H5ClN2O.C7H6N2O2.C4H5ClF2O2.ClH/c1-8-6-10(21-12(15)16)9(11(18-8)20-5)7-17-13(19)22-14(2,3)4;1-5-3-7(15-9(10)11)6(4-12)8(13-5)14-2;1-4-2-6(14-8(9)10)5(3-11)7(13)12-4;1-5-3-7(11)6(4-9)8(10-5)12-2;1-4-2-6(8)5(3-10)7(9)11-4;1-4-2-6(11)5(3-9)7(8)10-4;1-4-2-6(10)5(3-8)7(11)9-4;1-2-9-3(8)4(5,6)7;/h6,12H,7H2,1-5H3,(H,17,19);3,9H,1-2H3;2,8H,3,11H2,1H3,(H,12,13);3H,1-2H3,(H,10,11);2H,1H3;2H,1H3,(H,10,11);2H,1H3,(H2,9,10,11);2H2,1H3;1H. The first-order valence-electron chi connectivity index (χ1n) is 28.9. The number of aryl methyl sites for hydroxylation is 7. The number of aromatic amines is 4. The van der Waals surface area contributed by atoms with Gasteiger partial charge < -0.3 is 74.0 Å². The number of nitrogens with one attached hydrogen (secondary N) is 5. The maximum Gasteiger partial charge on any atom is 0.417 e. The number of esters is 1. The van der Waals surface area contributed by atoms with Crippen molar-refractivity contribution in [1.82, 2.24) is 40.2 Å². The SMILES string of the molecule is CCOC(=O)C(F)(F)Cl.COc1[nH]c(C)cc(=O)c1C#N.COc1nc(C)cc(OC(F)F)c1C#N.COc1nc(C)cc(OC(F)F)c1CNC(=O)OC(C)(C)C.Cc1cc(=O)c(C#N)c(Cl)[nH]1.Cc1cc(Cl)c(C#N)c(Cl)n1.Cc1cc(O)c(C#N)c(=O)[nH]1.Cc1cc(OC(F)F)c(CN)c(=O)[nH]1.Cl. The van der Waals surface area contributed by atoms with E-state index in [1.807, 2.05) is 6.07 Å². The van der Waals surface area contributed by atoms with Gasteiger partial charge in [0.2, 0.25) is 28.5 Å². The smallest absolute Gasteiger partial charge is 0.417 e. The Bertz CT molecular complexity index is 4490. The van der Waals surface area contributed by atoms with Crippen LogP contribution < -0.4 is 61.4 Å². The van der Waals surface area contributed by atoms with E-state index in [4.69, 9.17) is 90.9 Å². The number of ether oxygens (including phenoxy) is 8. The number of amides is 1. The van der Waals surface area contributed by atoms with Crippen LogP contribution >= 0.6 is 58.8 Å². The van der Waals surface area contributed by atoms with Crippen LogP contribution in [0.1, 0.15) is 106 Å². The van der Waals surface area contributed by atoms with Crippen LogP contribution in [0.5, 0.6) is 40.6 Å². The number of rotatable bonds is 14. The Hall–Kier alpha value is -11.1. The summed E-state index contributed by atoms with van der Waals surface area (Å²) in [5, 5.41) is 50.9. The van der Waals surface area contributed by atoms with Crippen molar-refractivity contribution in [3.8, 4) is 71.0 Å². The lowest BCUT2D eigenvalue weighted by molar-refractivity contribution is -0.160. The van der Waals surface area contributed by atoms with Gasteiger partial charge >= 0.3 is 37.3 Å². The molecule has 29 nitrogen and oxygen atoms in total. The monoisotopic (exact) mass is 1600 g/mol. The minimum absolute atomic E-state index is 0. The lowest BCUT2D eigenvalue weighted by Gasteiger charge is -2.20. The van der Waals surface area contributed by atoms with Crippen LogP contribution in [0.15, 0.2) is 61.6 Å². The van der Waals surface area contributed by atoms with E-state index in [1.54, 1.807) is 99.6 Å². The minimum Gasteiger partial charge on any atom is -0.506 e. The van der Waals surface area contributed by atoms with Crippen LogP contribution in [0.25, 0.3) is 0 Å². The number of hydrogen-bond acceptors (Lipinski definition) is 24. The van der Waals surface area contributed by atoms with E-state index >= 15 is 0 Å². The maximum absolute atomic E-state index is 12.5. The van der Waals surface area contributed by atoms with Gasteiger partial charge in [-0.05, 0) is 93.8 Å². The number of carbonyl (C=O) groups excluding carboxylic acids is 2. The first-order valence-corrected chi connectivity index (χ1v) is 30.4. The Labute approximate surface area is 624 Å². The molecule has 7 heterocycles. The Kier molecular flexibility index (Phi) is 43.2. The van der Waals surface area contributed by atoms with Crippen LogP contribution in [-0.4, -0.2) is 111 Å². The van der Waals surface area contributed by atoms with Crippen molar-refractivity contribution in [2.75, 3.05) is 27.9 Å². The van der Waals surface area contributed by atoms with E-state index in [1.165, 1.54) is 64.7 Å². The fourth-order valence-electron chi connectivity index (χ4n) is 7.14. The first kappa shape index (κ1) is 96.9. The summed E-state index contributed by atoms with van der Waals surface area (Å²) < 4.78 is 132. The summed E-state index contributed by atoms with van der Waals surface area (Å²) in [6.07, 6.45) is -0.682. The number of alkyl halides is 9. The van der Waals surface area contributed by atoms with Crippen LogP contribution in [0.3, 0.4) is 0 Å². The second-order valence-electron chi connectivity index (χ2n) is 20.7. The number of nitrogens with zero attached hydrogens (tertiary/aromatic N) is 8. The van der Waals surface area contributed by atoms with Crippen molar-refractivity contribution in [1.29, 1.82) is 26.3 Å². The third-order valence-electron chi connectivity index (χ3n) is 11.3. The average Bonchev–Trinajstić information content (AvgIpc) is 0.827. The quantitative estimate of drug-likeness (QED) is 0.0230. The van der Waals surface area contributed by atoms with Crippen molar-refractivity contribution in [2.45, 2.75) is 120 Å². The highest BCUT2D eigenvalue weighted by Gasteiger charge is 2.37. The summed E-state index contributed by atoms with van der Waals surface area (Å²) in [6, 6.07) is 18.2. The fraction of sp³-hybridized carbons (Fsp3) is 0.344. The molecule has 0 aromatic carbocycles. The molecule has 0 radical (unpaired) electrons. The maximum atomic E-state index is 12.5. The highest BCUT2D eigenvalue weighted by Crippen LogP contribution is 2.31. The molecule has 0 spiro atoms. The van der Waals surface area contributed by atoms with Gasteiger partial charge in [0.1, 0.15) is 74.6 Å². The predicted octanol–water partition coefficient (Wildman–Crippen LogP) is 12.0.